The van der Waals surface area contributed by atoms with Crippen LogP contribution in [0.15, 0.2) is 60.3 Å². The Kier molecular flexibility index (Phi) is 7.28. The molecule has 2 unspecified atom stereocenters. The number of halogens is 6. The van der Waals surface area contributed by atoms with Gasteiger partial charge in [0.1, 0.15) is 17.6 Å². The van der Waals surface area contributed by atoms with Crippen LogP contribution >= 0.6 is 23.2 Å². The van der Waals surface area contributed by atoms with Gasteiger partial charge in [-0.15, -0.1) is 0 Å². The molecular formula is C30H20Cl2F4N6O2. The summed E-state index contributed by atoms with van der Waals surface area (Å²) >= 11 is 12.8. The van der Waals surface area contributed by atoms with Crippen molar-refractivity contribution < 1.29 is 27.2 Å². The lowest BCUT2D eigenvalue weighted by molar-refractivity contribution is -0.137. The molecule has 6 rings (SSSR count). The molecule has 3 amide bonds. The predicted octanol–water partition coefficient (Wildman–Crippen LogP) is 6.26. The Morgan fingerprint density at radius 2 is 1.91 bits per heavy atom. The Morgan fingerprint density at radius 1 is 1.14 bits per heavy atom. The minimum atomic E-state index is -4.90. The maximum absolute atomic E-state index is 14.2. The molecule has 3 heterocycles. The van der Waals surface area contributed by atoms with Gasteiger partial charge in [-0.3, -0.25) is 9.69 Å². The minimum Gasteiger partial charge on any atom is -0.358 e. The van der Waals surface area contributed by atoms with Gasteiger partial charge in [-0.25, -0.2) is 9.18 Å². The van der Waals surface area contributed by atoms with Crippen LogP contribution in [0.4, 0.5) is 33.7 Å². The van der Waals surface area contributed by atoms with Crippen LogP contribution < -0.4 is 26.6 Å². The van der Waals surface area contributed by atoms with Crippen LogP contribution in [0, 0.1) is 17.1 Å². The second kappa shape index (κ2) is 10.9. The maximum Gasteiger partial charge on any atom is 0.416 e. The first kappa shape index (κ1) is 29.5. The number of amides is 3. The number of nitrogens with one attached hydrogen (secondary N) is 3. The van der Waals surface area contributed by atoms with Gasteiger partial charge < -0.3 is 21.7 Å². The van der Waals surface area contributed by atoms with Gasteiger partial charge in [0, 0.05) is 39.0 Å². The van der Waals surface area contributed by atoms with E-state index in [0.717, 1.165) is 0 Å². The van der Waals surface area contributed by atoms with Crippen LogP contribution in [-0.2, 0) is 12.6 Å². The first-order valence-corrected chi connectivity index (χ1v) is 13.9. The average Bonchev–Trinajstić information content (AvgIpc) is 3.42. The summed E-state index contributed by atoms with van der Waals surface area (Å²) in [5.41, 5.74) is 7.06. The molecule has 0 bridgehead atoms. The van der Waals surface area contributed by atoms with E-state index in [-0.39, 0.29) is 23.0 Å². The lowest BCUT2D eigenvalue weighted by atomic mass is 9.86. The number of benzene rings is 3. The van der Waals surface area contributed by atoms with Crippen molar-refractivity contribution in [3.8, 4) is 6.07 Å². The molecule has 8 nitrogen and oxygen atoms in total. The van der Waals surface area contributed by atoms with Crippen molar-refractivity contribution in [2.75, 3.05) is 16.8 Å². The summed E-state index contributed by atoms with van der Waals surface area (Å²) in [7, 11) is 0. The highest BCUT2D eigenvalue weighted by molar-refractivity contribution is 6.33. The van der Waals surface area contributed by atoms with E-state index in [1.54, 1.807) is 36.4 Å². The molecule has 224 valence electrons. The zero-order valence-corrected chi connectivity index (χ0v) is 23.8. The van der Waals surface area contributed by atoms with E-state index >= 15 is 0 Å². The standard InChI is InChI=1S/C30H20Cl2F4N6O2/c31-15-1-3-21(32)20(10-15)26-25-22(40-28(43)13-7-14(30(34,35)36)9-16(33)8-13)11-19(17-2-4-24(38)39-23(17)12-37)18-5-6-42(27(18)25)29(44)41-26/h1-4,7-11,24,26,39H,5-6,38H2,(H,40,43)(H,41,44). The summed E-state index contributed by atoms with van der Waals surface area (Å²) in [5.74, 6) is -2.29. The fourth-order valence-electron chi connectivity index (χ4n) is 5.68. The molecule has 0 saturated carbocycles. The fraction of sp³-hybridized carbons (Fsp3) is 0.167. The number of carbonyl (C=O) groups excluding carboxylic acids is 2. The molecule has 0 spiro atoms. The third-order valence-electron chi connectivity index (χ3n) is 7.56. The predicted molar refractivity (Wildman–Crippen MR) is 156 cm³/mol. The van der Waals surface area contributed by atoms with Gasteiger partial charge in [0.25, 0.3) is 5.91 Å². The summed E-state index contributed by atoms with van der Waals surface area (Å²) in [6.45, 7) is 0.263. The molecule has 0 aromatic heterocycles. The highest BCUT2D eigenvalue weighted by atomic mass is 35.5. The first-order chi connectivity index (χ1) is 20.8. The smallest absolute Gasteiger partial charge is 0.358 e. The number of allylic oxidation sites excluding steroid dienone is 3. The Hall–Kier alpha value is -4.57. The summed E-state index contributed by atoms with van der Waals surface area (Å²) in [6.07, 6.45) is -1.88. The van der Waals surface area contributed by atoms with Gasteiger partial charge in [0.2, 0.25) is 0 Å². The highest BCUT2D eigenvalue weighted by Crippen LogP contribution is 2.49. The first-order valence-electron chi connectivity index (χ1n) is 13.1. The molecule has 0 aliphatic carbocycles. The van der Waals surface area contributed by atoms with Gasteiger partial charge in [-0.05, 0) is 71.7 Å². The number of hydrogen-bond donors (Lipinski definition) is 4. The Bertz CT molecular complexity index is 1870. The van der Waals surface area contributed by atoms with E-state index in [4.69, 9.17) is 28.9 Å². The zero-order valence-electron chi connectivity index (χ0n) is 22.3. The van der Waals surface area contributed by atoms with E-state index < -0.39 is 47.3 Å². The number of nitriles is 1. The molecule has 3 aromatic rings. The third kappa shape index (κ3) is 5.13. The molecule has 2 atom stereocenters. The van der Waals surface area contributed by atoms with Crippen LogP contribution in [0.2, 0.25) is 10.0 Å². The molecule has 3 aliphatic rings. The van der Waals surface area contributed by atoms with Crippen molar-refractivity contribution in [2.24, 2.45) is 5.73 Å². The molecule has 0 fully saturated rings. The molecule has 0 radical (unpaired) electrons. The molecule has 14 heteroatoms. The fourth-order valence-corrected chi connectivity index (χ4v) is 6.08. The molecule has 3 aromatic carbocycles. The van der Waals surface area contributed by atoms with E-state index in [9.17, 15) is 32.4 Å². The van der Waals surface area contributed by atoms with Gasteiger partial charge in [0.15, 0.2) is 0 Å². The van der Waals surface area contributed by atoms with E-state index in [1.807, 2.05) is 0 Å². The van der Waals surface area contributed by atoms with Crippen LogP contribution in [0.5, 0.6) is 0 Å². The van der Waals surface area contributed by atoms with Crippen LogP contribution in [0.1, 0.15) is 44.2 Å². The van der Waals surface area contributed by atoms with Crippen LogP contribution in [-0.4, -0.2) is 24.6 Å². The number of nitrogens with zero attached hydrogens (tertiary/aromatic N) is 2. The van der Waals surface area contributed by atoms with E-state index in [1.165, 1.54) is 4.90 Å². The largest absolute Gasteiger partial charge is 0.416 e. The van der Waals surface area contributed by atoms with Gasteiger partial charge >= 0.3 is 12.2 Å². The molecule has 5 N–H and O–H groups in total. The zero-order chi connectivity index (χ0) is 31.5. The van der Waals surface area contributed by atoms with Crippen LogP contribution in [0.25, 0.3) is 5.57 Å². The van der Waals surface area contributed by atoms with Crippen molar-refractivity contribution in [3.63, 3.8) is 0 Å². The number of alkyl halides is 3. The molecular weight excluding hydrogens is 623 g/mol. The highest BCUT2D eigenvalue weighted by Gasteiger charge is 2.41. The molecule has 3 aliphatic heterocycles. The third-order valence-corrected chi connectivity index (χ3v) is 8.14. The monoisotopic (exact) mass is 642 g/mol. The summed E-state index contributed by atoms with van der Waals surface area (Å²) in [6, 6.07) is 8.42. The van der Waals surface area contributed by atoms with Gasteiger partial charge in [-0.2, -0.15) is 18.4 Å². The lowest BCUT2D eigenvalue weighted by Crippen LogP contribution is -2.46. The summed E-state index contributed by atoms with van der Waals surface area (Å²) in [4.78, 5) is 28.3. The molecule has 44 heavy (non-hydrogen) atoms. The van der Waals surface area contributed by atoms with Crippen molar-refractivity contribution in [1.82, 2.24) is 10.6 Å². The topological polar surface area (TPSA) is 123 Å². The SMILES string of the molecule is N#CC1=C(c2cc(NC(=O)c3cc(F)cc(C(F)(F)F)c3)c3c4c2CCN4C(=O)NC3c2cc(Cl)ccc2Cl)C=CC(N)N1. The van der Waals surface area contributed by atoms with E-state index in [0.29, 0.717) is 63.2 Å². The second-order valence-electron chi connectivity index (χ2n) is 10.3. The quantitative estimate of drug-likeness (QED) is 0.250. The Labute approximate surface area is 257 Å². The summed E-state index contributed by atoms with van der Waals surface area (Å²) < 4.78 is 54.6. The Morgan fingerprint density at radius 3 is 2.64 bits per heavy atom. The van der Waals surface area contributed by atoms with Crippen molar-refractivity contribution in [2.45, 2.75) is 24.8 Å². The van der Waals surface area contributed by atoms with Crippen molar-refractivity contribution >= 4 is 52.1 Å². The number of rotatable bonds is 4. The normalized spacial score (nSPS) is 18.9. The van der Waals surface area contributed by atoms with Gasteiger partial charge in [0.05, 0.1) is 23.5 Å². The second-order valence-corrected chi connectivity index (χ2v) is 11.1. The van der Waals surface area contributed by atoms with Crippen LogP contribution in [0.3, 0.4) is 0 Å². The van der Waals surface area contributed by atoms with Crippen molar-refractivity contribution in [1.29, 1.82) is 5.26 Å². The maximum atomic E-state index is 14.2. The molecule has 0 saturated heterocycles. The number of anilines is 2. The number of dihydropyridines is 1. The van der Waals surface area contributed by atoms with Gasteiger partial charge in [-0.1, -0.05) is 29.3 Å². The van der Waals surface area contributed by atoms with Crippen molar-refractivity contribution in [3.05, 3.63) is 110 Å². The number of nitrogens with two attached hydrogens (primary N) is 1. The Balaban J connectivity index is 1.59. The number of urea groups is 1. The average molecular weight is 643 g/mol. The minimum absolute atomic E-state index is 0.0857. The lowest BCUT2D eigenvalue weighted by Gasteiger charge is -2.35. The number of hydrogen-bond acceptors (Lipinski definition) is 5. The summed E-state index contributed by atoms with van der Waals surface area (Å²) in [5, 5.41) is 18.8. The van der Waals surface area contributed by atoms with E-state index in [2.05, 4.69) is 22.0 Å². The number of carbonyl (C=O) groups is 2.